The fraction of sp³-hybridized carbons (Fsp3) is 0.938. The van der Waals surface area contributed by atoms with E-state index in [1.165, 1.54) is 44.9 Å². The second kappa shape index (κ2) is 11.3. The average molecular weight is 271 g/mol. The molecule has 3 nitrogen and oxygen atoms in total. The molecule has 0 aliphatic rings. The number of aliphatic carboxylic acids is 1. The zero-order valence-corrected chi connectivity index (χ0v) is 13.1. The molecule has 0 atom stereocenters. The number of unbranched alkanes of at least 4 members (excludes halogenated alkanes) is 7. The lowest BCUT2D eigenvalue weighted by atomic mass is 9.93. The van der Waals surface area contributed by atoms with Crippen molar-refractivity contribution in [2.45, 2.75) is 90.5 Å². The molecule has 3 heteroatoms. The highest BCUT2D eigenvalue weighted by Crippen LogP contribution is 2.15. The lowest BCUT2D eigenvalue weighted by molar-refractivity contribution is -0.145. The summed E-state index contributed by atoms with van der Waals surface area (Å²) in [5, 5.41) is 12.5. The van der Waals surface area contributed by atoms with E-state index < -0.39 is 11.5 Å². The van der Waals surface area contributed by atoms with Crippen LogP contribution in [0.3, 0.4) is 0 Å². The van der Waals surface area contributed by atoms with Crippen molar-refractivity contribution in [3.8, 4) is 0 Å². The van der Waals surface area contributed by atoms with Crippen molar-refractivity contribution in [2.75, 3.05) is 6.54 Å². The second-order valence-electron chi connectivity index (χ2n) is 5.50. The minimum atomic E-state index is -0.711. The highest BCUT2D eigenvalue weighted by Gasteiger charge is 2.33. The topological polar surface area (TPSA) is 49.3 Å². The molecule has 0 fully saturated rings. The van der Waals surface area contributed by atoms with Crippen LogP contribution < -0.4 is 5.32 Å². The van der Waals surface area contributed by atoms with E-state index in [4.69, 9.17) is 0 Å². The second-order valence-corrected chi connectivity index (χ2v) is 5.50. The van der Waals surface area contributed by atoms with Crippen LogP contribution in [0, 0.1) is 0 Å². The number of carboxylic acids is 1. The molecule has 0 rings (SSSR count). The normalized spacial score (nSPS) is 11.7. The Morgan fingerprint density at radius 1 is 0.895 bits per heavy atom. The Morgan fingerprint density at radius 2 is 1.37 bits per heavy atom. The van der Waals surface area contributed by atoms with Crippen molar-refractivity contribution in [1.82, 2.24) is 5.32 Å². The fourth-order valence-corrected chi connectivity index (χ4v) is 2.46. The third-order valence-corrected chi connectivity index (χ3v) is 4.11. The van der Waals surface area contributed by atoms with Crippen molar-refractivity contribution >= 4 is 5.97 Å². The molecule has 0 saturated heterocycles. The van der Waals surface area contributed by atoms with Crippen molar-refractivity contribution in [1.29, 1.82) is 0 Å². The van der Waals surface area contributed by atoms with Crippen LogP contribution in [0.15, 0.2) is 0 Å². The number of hydrogen-bond acceptors (Lipinski definition) is 2. The molecule has 0 heterocycles. The highest BCUT2D eigenvalue weighted by atomic mass is 16.4. The standard InChI is InChI=1S/C16H33NO2/c1-4-7-8-9-10-11-12-13-14-17-16(5-2,6-3)15(18)19/h17H,4-14H2,1-3H3,(H,18,19). The van der Waals surface area contributed by atoms with Gasteiger partial charge in [-0.15, -0.1) is 0 Å². The van der Waals surface area contributed by atoms with Crippen molar-refractivity contribution < 1.29 is 9.90 Å². The van der Waals surface area contributed by atoms with E-state index in [1.807, 2.05) is 13.8 Å². The van der Waals surface area contributed by atoms with Gasteiger partial charge in [0.1, 0.15) is 5.54 Å². The maximum Gasteiger partial charge on any atom is 0.323 e. The molecular formula is C16H33NO2. The first-order chi connectivity index (χ1) is 9.13. The largest absolute Gasteiger partial charge is 0.480 e. The Hall–Kier alpha value is -0.570. The maximum atomic E-state index is 11.3. The van der Waals surface area contributed by atoms with Crippen molar-refractivity contribution in [3.05, 3.63) is 0 Å². The molecule has 0 amide bonds. The van der Waals surface area contributed by atoms with E-state index >= 15 is 0 Å². The van der Waals surface area contributed by atoms with Gasteiger partial charge in [0.05, 0.1) is 0 Å². The molecule has 0 aromatic rings. The Bertz CT molecular complexity index is 225. The molecule has 0 bridgehead atoms. The van der Waals surface area contributed by atoms with E-state index in [0.29, 0.717) is 12.8 Å². The summed E-state index contributed by atoms with van der Waals surface area (Å²) in [4.78, 5) is 11.3. The van der Waals surface area contributed by atoms with Gasteiger partial charge in [0, 0.05) is 0 Å². The van der Waals surface area contributed by atoms with Crippen LogP contribution in [0.5, 0.6) is 0 Å². The van der Waals surface area contributed by atoms with Crippen molar-refractivity contribution in [3.63, 3.8) is 0 Å². The number of rotatable bonds is 13. The smallest absolute Gasteiger partial charge is 0.323 e. The Labute approximate surface area is 119 Å². The molecule has 19 heavy (non-hydrogen) atoms. The summed E-state index contributed by atoms with van der Waals surface area (Å²) in [5.41, 5.74) is -0.707. The Kier molecular flexibility index (Phi) is 10.9. The molecule has 2 N–H and O–H groups in total. The summed E-state index contributed by atoms with van der Waals surface area (Å²) >= 11 is 0. The Morgan fingerprint density at radius 3 is 1.79 bits per heavy atom. The predicted octanol–water partition coefficient (Wildman–Crippen LogP) is 4.36. The maximum absolute atomic E-state index is 11.3. The highest BCUT2D eigenvalue weighted by molar-refractivity contribution is 5.78. The van der Waals surface area contributed by atoms with E-state index in [9.17, 15) is 9.90 Å². The molecule has 0 aromatic heterocycles. The zero-order chi connectivity index (χ0) is 14.6. The Balaban J connectivity index is 3.59. The molecule has 0 aliphatic carbocycles. The van der Waals surface area contributed by atoms with Gasteiger partial charge >= 0.3 is 5.97 Å². The van der Waals surface area contributed by atoms with Crippen LogP contribution in [0.4, 0.5) is 0 Å². The van der Waals surface area contributed by atoms with Crippen LogP contribution in [0.2, 0.25) is 0 Å². The average Bonchev–Trinajstić information content (AvgIpc) is 2.41. The lowest BCUT2D eigenvalue weighted by Gasteiger charge is -2.28. The minimum Gasteiger partial charge on any atom is -0.480 e. The van der Waals surface area contributed by atoms with Gasteiger partial charge in [0.2, 0.25) is 0 Å². The van der Waals surface area contributed by atoms with Crippen LogP contribution >= 0.6 is 0 Å². The molecule has 0 spiro atoms. The van der Waals surface area contributed by atoms with E-state index in [2.05, 4.69) is 12.2 Å². The first-order valence-electron chi connectivity index (χ1n) is 8.11. The molecule has 0 unspecified atom stereocenters. The first kappa shape index (κ1) is 18.4. The van der Waals surface area contributed by atoms with Gasteiger partial charge in [-0.3, -0.25) is 4.79 Å². The third-order valence-electron chi connectivity index (χ3n) is 4.11. The number of hydrogen-bond donors (Lipinski definition) is 2. The van der Waals surface area contributed by atoms with E-state index in [-0.39, 0.29) is 0 Å². The number of carbonyl (C=O) groups is 1. The summed E-state index contributed by atoms with van der Waals surface area (Å²) in [7, 11) is 0. The van der Waals surface area contributed by atoms with Gasteiger partial charge in [-0.2, -0.15) is 0 Å². The van der Waals surface area contributed by atoms with Crippen molar-refractivity contribution in [2.24, 2.45) is 0 Å². The predicted molar refractivity (Wildman–Crippen MR) is 81.6 cm³/mol. The summed E-state index contributed by atoms with van der Waals surface area (Å²) in [5.74, 6) is -0.711. The number of carboxylic acid groups (broad SMARTS) is 1. The fourth-order valence-electron chi connectivity index (χ4n) is 2.46. The van der Waals surface area contributed by atoms with Crippen LogP contribution in [0.25, 0.3) is 0 Å². The van der Waals surface area contributed by atoms with Crippen LogP contribution in [-0.2, 0) is 4.79 Å². The zero-order valence-electron chi connectivity index (χ0n) is 13.1. The van der Waals surface area contributed by atoms with Gasteiger partial charge in [0.25, 0.3) is 0 Å². The monoisotopic (exact) mass is 271 g/mol. The van der Waals surface area contributed by atoms with Gasteiger partial charge in [-0.05, 0) is 25.8 Å². The summed E-state index contributed by atoms with van der Waals surface area (Å²) < 4.78 is 0. The van der Waals surface area contributed by atoms with Crippen LogP contribution in [-0.4, -0.2) is 23.2 Å². The van der Waals surface area contributed by atoms with Gasteiger partial charge < -0.3 is 10.4 Å². The van der Waals surface area contributed by atoms with Gasteiger partial charge in [-0.25, -0.2) is 0 Å². The summed E-state index contributed by atoms with van der Waals surface area (Å²) in [6.07, 6.45) is 11.6. The summed E-state index contributed by atoms with van der Waals surface area (Å²) in [6, 6.07) is 0. The van der Waals surface area contributed by atoms with Gasteiger partial charge in [0.15, 0.2) is 0 Å². The molecule has 0 saturated carbocycles. The third kappa shape index (κ3) is 7.56. The van der Waals surface area contributed by atoms with E-state index in [1.54, 1.807) is 0 Å². The molecular weight excluding hydrogens is 238 g/mol. The minimum absolute atomic E-state index is 0.649. The quantitative estimate of drug-likeness (QED) is 0.489. The summed E-state index contributed by atoms with van der Waals surface area (Å²) in [6.45, 7) is 6.95. The molecule has 0 radical (unpaired) electrons. The molecule has 114 valence electrons. The van der Waals surface area contributed by atoms with E-state index in [0.717, 1.165) is 13.0 Å². The lowest BCUT2D eigenvalue weighted by Crippen LogP contribution is -2.51. The first-order valence-corrected chi connectivity index (χ1v) is 8.11. The van der Waals surface area contributed by atoms with Crippen LogP contribution in [0.1, 0.15) is 85.0 Å². The number of nitrogens with one attached hydrogen (secondary N) is 1. The SMILES string of the molecule is CCCCCCCCCCNC(CC)(CC)C(=O)O. The van der Waals surface area contributed by atoms with Gasteiger partial charge in [-0.1, -0.05) is 65.7 Å². The molecule has 0 aromatic carbocycles. The molecule has 0 aliphatic heterocycles.